The fraction of sp³-hybridized carbons (Fsp3) is 0.632. The van der Waals surface area contributed by atoms with Crippen LogP contribution in [0.4, 0.5) is 0 Å². The van der Waals surface area contributed by atoms with Crippen LogP contribution >= 0.6 is 0 Å². The van der Waals surface area contributed by atoms with Gasteiger partial charge in [0.2, 0.25) is 0 Å². The number of nitrogens with zero attached hydrogens (tertiary/aromatic N) is 2. The van der Waals surface area contributed by atoms with Gasteiger partial charge in [-0.05, 0) is 32.3 Å². The van der Waals surface area contributed by atoms with Gasteiger partial charge in [-0.15, -0.1) is 0 Å². The molecule has 1 heterocycles. The lowest BCUT2D eigenvalue weighted by Gasteiger charge is -2.31. The molecular formula is C19H32N4O. The van der Waals surface area contributed by atoms with E-state index < -0.39 is 0 Å². The molecule has 5 nitrogen and oxygen atoms in total. The molecule has 0 amide bonds. The van der Waals surface area contributed by atoms with Crippen molar-refractivity contribution in [3.8, 4) is 0 Å². The summed E-state index contributed by atoms with van der Waals surface area (Å²) in [6.07, 6.45) is 2.20. The van der Waals surface area contributed by atoms with Gasteiger partial charge in [0.1, 0.15) is 0 Å². The summed E-state index contributed by atoms with van der Waals surface area (Å²) < 4.78 is 5.41. The van der Waals surface area contributed by atoms with Crippen LogP contribution in [-0.2, 0) is 11.2 Å². The van der Waals surface area contributed by atoms with Crippen molar-refractivity contribution in [2.45, 2.75) is 32.7 Å². The Hall–Kier alpha value is -1.59. The number of nitrogens with one attached hydrogen (secondary N) is 2. The van der Waals surface area contributed by atoms with Gasteiger partial charge in [0, 0.05) is 32.2 Å². The fourth-order valence-electron chi connectivity index (χ4n) is 2.84. The molecule has 1 aromatic rings. The van der Waals surface area contributed by atoms with Crippen LogP contribution in [0.15, 0.2) is 35.3 Å². The molecular weight excluding hydrogens is 300 g/mol. The van der Waals surface area contributed by atoms with Gasteiger partial charge in [-0.25, -0.2) is 0 Å². The Morgan fingerprint density at radius 2 is 1.96 bits per heavy atom. The van der Waals surface area contributed by atoms with Crippen LogP contribution in [-0.4, -0.2) is 62.8 Å². The highest BCUT2D eigenvalue weighted by atomic mass is 16.5. The zero-order valence-electron chi connectivity index (χ0n) is 15.1. The molecule has 5 heteroatoms. The molecule has 1 aliphatic rings. The summed E-state index contributed by atoms with van der Waals surface area (Å²) in [4.78, 5) is 7.20. The maximum absolute atomic E-state index is 5.41. The van der Waals surface area contributed by atoms with Crippen LogP contribution in [0.3, 0.4) is 0 Å². The number of benzene rings is 1. The second-order valence-corrected chi connectivity index (χ2v) is 6.23. The van der Waals surface area contributed by atoms with E-state index in [9.17, 15) is 0 Å². The van der Waals surface area contributed by atoms with Gasteiger partial charge in [-0.2, -0.15) is 0 Å². The predicted octanol–water partition coefficient (Wildman–Crippen LogP) is 1.90. The Bertz CT molecular complexity index is 472. The molecule has 0 radical (unpaired) electrons. The average molecular weight is 332 g/mol. The summed E-state index contributed by atoms with van der Waals surface area (Å²) >= 11 is 0. The van der Waals surface area contributed by atoms with Crippen molar-refractivity contribution < 1.29 is 4.74 Å². The van der Waals surface area contributed by atoms with E-state index in [2.05, 4.69) is 59.7 Å². The molecule has 0 aromatic heterocycles. The third-order valence-electron chi connectivity index (χ3n) is 4.30. The third-order valence-corrected chi connectivity index (χ3v) is 4.30. The summed E-state index contributed by atoms with van der Waals surface area (Å²) in [5.41, 5.74) is 1.39. The van der Waals surface area contributed by atoms with E-state index in [1.54, 1.807) is 0 Å². The van der Waals surface area contributed by atoms with Crippen molar-refractivity contribution in [1.29, 1.82) is 0 Å². The van der Waals surface area contributed by atoms with Gasteiger partial charge in [0.25, 0.3) is 0 Å². The van der Waals surface area contributed by atoms with Gasteiger partial charge < -0.3 is 15.4 Å². The highest BCUT2D eigenvalue weighted by Crippen LogP contribution is 2.04. The summed E-state index contributed by atoms with van der Waals surface area (Å²) in [5, 5.41) is 6.78. The van der Waals surface area contributed by atoms with Gasteiger partial charge >= 0.3 is 0 Å². The molecule has 2 N–H and O–H groups in total. The van der Waals surface area contributed by atoms with Gasteiger partial charge in [-0.3, -0.25) is 9.89 Å². The van der Waals surface area contributed by atoms with Crippen LogP contribution in [0.25, 0.3) is 0 Å². The van der Waals surface area contributed by atoms with Crippen LogP contribution < -0.4 is 10.6 Å². The summed E-state index contributed by atoms with van der Waals surface area (Å²) in [6.45, 7) is 10.7. The SMILES string of the molecule is CCNC(=NCC(C)N1CCOCC1)NCCCc1ccccc1. The van der Waals surface area contributed by atoms with Crippen molar-refractivity contribution in [3.63, 3.8) is 0 Å². The summed E-state index contributed by atoms with van der Waals surface area (Å²) in [5.74, 6) is 0.922. The van der Waals surface area contributed by atoms with Gasteiger partial charge in [-0.1, -0.05) is 30.3 Å². The van der Waals surface area contributed by atoms with Crippen LogP contribution in [0.1, 0.15) is 25.8 Å². The van der Waals surface area contributed by atoms with E-state index in [-0.39, 0.29) is 0 Å². The van der Waals surface area contributed by atoms with Crippen LogP contribution in [0.5, 0.6) is 0 Å². The lowest BCUT2D eigenvalue weighted by Crippen LogP contribution is -2.44. The van der Waals surface area contributed by atoms with E-state index in [1.807, 2.05) is 0 Å². The molecule has 0 spiro atoms. The second kappa shape index (κ2) is 11.0. The number of guanidine groups is 1. The Labute approximate surface area is 146 Å². The average Bonchev–Trinajstić information content (AvgIpc) is 2.64. The lowest BCUT2D eigenvalue weighted by atomic mass is 10.1. The molecule has 134 valence electrons. The number of aliphatic imine (C=N–C) groups is 1. The quantitative estimate of drug-likeness (QED) is 0.434. The molecule has 1 aromatic carbocycles. The second-order valence-electron chi connectivity index (χ2n) is 6.23. The Morgan fingerprint density at radius 1 is 1.21 bits per heavy atom. The molecule has 0 aliphatic carbocycles. The molecule has 1 saturated heterocycles. The van der Waals surface area contributed by atoms with Crippen molar-refractivity contribution in [3.05, 3.63) is 35.9 Å². The van der Waals surface area contributed by atoms with Crippen molar-refractivity contribution in [1.82, 2.24) is 15.5 Å². The van der Waals surface area contributed by atoms with Crippen molar-refractivity contribution >= 4 is 5.96 Å². The molecule has 1 fully saturated rings. The number of rotatable bonds is 8. The Balaban J connectivity index is 1.71. The smallest absolute Gasteiger partial charge is 0.191 e. The highest BCUT2D eigenvalue weighted by molar-refractivity contribution is 5.79. The van der Waals surface area contributed by atoms with Crippen LogP contribution in [0.2, 0.25) is 0 Å². The first-order valence-electron chi connectivity index (χ1n) is 9.17. The number of morpholine rings is 1. The zero-order chi connectivity index (χ0) is 17.0. The first kappa shape index (κ1) is 18.7. The molecule has 2 rings (SSSR count). The first-order chi connectivity index (χ1) is 11.8. The minimum Gasteiger partial charge on any atom is -0.379 e. The van der Waals surface area contributed by atoms with Crippen LogP contribution in [0, 0.1) is 0 Å². The monoisotopic (exact) mass is 332 g/mol. The minimum absolute atomic E-state index is 0.452. The number of aryl methyl sites for hydroxylation is 1. The molecule has 0 saturated carbocycles. The maximum atomic E-state index is 5.41. The minimum atomic E-state index is 0.452. The molecule has 1 unspecified atom stereocenters. The maximum Gasteiger partial charge on any atom is 0.191 e. The largest absolute Gasteiger partial charge is 0.379 e. The Kier molecular flexibility index (Phi) is 8.63. The topological polar surface area (TPSA) is 48.9 Å². The van der Waals surface area contributed by atoms with Crippen molar-refractivity contribution in [2.24, 2.45) is 4.99 Å². The lowest BCUT2D eigenvalue weighted by molar-refractivity contribution is 0.0220. The van der Waals surface area contributed by atoms with Gasteiger partial charge in [0.05, 0.1) is 19.8 Å². The summed E-state index contributed by atoms with van der Waals surface area (Å²) in [6, 6.07) is 11.1. The van der Waals surface area contributed by atoms with Crippen molar-refractivity contribution in [2.75, 3.05) is 45.9 Å². The standard InChI is InChI=1S/C19H32N4O/c1-3-20-19(21-11-7-10-18-8-5-4-6-9-18)22-16-17(2)23-12-14-24-15-13-23/h4-6,8-9,17H,3,7,10-16H2,1-2H3,(H2,20,21,22). The fourth-order valence-corrected chi connectivity index (χ4v) is 2.84. The van der Waals surface area contributed by atoms with E-state index in [4.69, 9.17) is 9.73 Å². The van der Waals surface area contributed by atoms with E-state index >= 15 is 0 Å². The first-order valence-corrected chi connectivity index (χ1v) is 9.17. The Morgan fingerprint density at radius 3 is 2.67 bits per heavy atom. The molecule has 1 aliphatic heterocycles. The molecule has 0 bridgehead atoms. The van der Waals surface area contributed by atoms with E-state index in [0.717, 1.165) is 64.7 Å². The zero-order valence-corrected chi connectivity index (χ0v) is 15.1. The number of ether oxygens (including phenoxy) is 1. The molecule has 1 atom stereocenters. The predicted molar refractivity (Wildman–Crippen MR) is 101 cm³/mol. The number of hydrogen-bond acceptors (Lipinski definition) is 3. The highest BCUT2D eigenvalue weighted by Gasteiger charge is 2.16. The van der Waals surface area contributed by atoms with Gasteiger partial charge in [0.15, 0.2) is 5.96 Å². The van der Waals surface area contributed by atoms with E-state index in [1.165, 1.54) is 5.56 Å². The van der Waals surface area contributed by atoms with E-state index in [0.29, 0.717) is 6.04 Å². The number of hydrogen-bond donors (Lipinski definition) is 2. The molecule has 24 heavy (non-hydrogen) atoms. The third kappa shape index (κ3) is 6.89. The summed E-state index contributed by atoms with van der Waals surface area (Å²) in [7, 11) is 0. The normalized spacial score (nSPS) is 17.5.